The summed E-state index contributed by atoms with van der Waals surface area (Å²) < 4.78 is 4.57. The molecule has 0 saturated heterocycles. The number of rotatable bonds is 8. The molecule has 21 heavy (non-hydrogen) atoms. The van der Waals surface area contributed by atoms with E-state index < -0.39 is 0 Å². The molecule has 0 unspecified atom stereocenters. The minimum atomic E-state index is -0.181. The molecule has 1 aromatic rings. The molecule has 0 aliphatic carbocycles. The highest BCUT2D eigenvalue weighted by molar-refractivity contribution is 5.95. The number of esters is 1. The number of hydrogen-bond donors (Lipinski definition) is 1. The van der Waals surface area contributed by atoms with E-state index in [4.69, 9.17) is 0 Å². The van der Waals surface area contributed by atoms with Gasteiger partial charge in [0, 0.05) is 38.3 Å². The van der Waals surface area contributed by atoms with Crippen molar-refractivity contribution in [3.63, 3.8) is 0 Å². The lowest BCUT2D eigenvalue weighted by atomic mass is 10.1. The number of nitrogens with one attached hydrogen (secondary N) is 1. The maximum absolute atomic E-state index is 12.0. The molecule has 0 atom stereocenters. The van der Waals surface area contributed by atoms with Gasteiger partial charge in [0.05, 0.1) is 7.11 Å². The molecule has 1 rings (SSSR count). The molecule has 0 spiro atoms. The second-order valence-electron chi connectivity index (χ2n) is 5.09. The van der Waals surface area contributed by atoms with Crippen molar-refractivity contribution >= 4 is 17.6 Å². The van der Waals surface area contributed by atoms with Crippen LogP contribution in [0.4, 0.5) is 5.69 Å². The fourth-order valence-corrected chi connectivity index (χ4v) is 1.90. The standard InChI is InChI=1S/C16H24N2O3/c1-18(2)14-9-7-8-13(12-14)16(20)17-11-6-4-5-10-15(19)21-3/h7-9,12H,4-6,10-11H2,1-3H3,(H,17,20). The SMILES string of the molecule is COC(=O)CCCCCNC(=O)c1cccc(N(C)C)c1. The molecular formula is C16H24N2O3. The lowest BCUT2D eigenvalue weighted by molar-refractivity contribution is -0.140. The molecule has 0 aliphatic heterocycles. The zero-order valence-corrected chi connectivity index (χ0v) is 13.0. The lowest BCUT2D eigenvalue weighted by Crippen LogP contribution is -2.24. The van der Waals surface area contributed by atoms with Gasteiger partial charge in [0.15, 0.2) is 0 Å². The highest BCUT2D eigenvalue weighted by Crippen LogP contribution is 2.13. The van der Waals surface area contributed by atoms with Gasteiger partial charge in [-0.25, -0.2) is 0 Å². The maximum atomic E-state index is 12.0. The van der Waals surface area contributed by atoms with Gasteiger partial charge in [0.1, 0.15) is 0 Å². The fourth-order valence-electron chi connectivity index (χ4n) is 1.90. The summed E-state index contributed by atoms with van der Waals surface area (Å²) in [6.07, 6.45) is 2.98. The van der Waals surface area contributed by atoms with E-state index in [1.807, 2.05) is 37.2 Å². The molecule has 0 fully saturated rings. The first kappa shape index (κ1) is 17.0. The highest BCUT2D eigenvalue weighted by atomic mass is 16.5. The third-order valence-corrected chi connectivity index (χ3v) is 3.20. The number of anilines is 1. The third kappa shape index (κ3) is 6.29. The van der Waals surface area contributed by atoms with E-state index in [0.717, 1.165) is 24.9 Å². The van der Waals surface area contributed by atoms with Crippen molar-refractivity contribution in [2.24, 2.45) is 0 Å². The summed E-state index contributed by atoms with van der Waals surface area (Å²) in [5, 5.41) is 2.89. The predicted octanol–water partition coefficient (Wildman–Crippen LogP) is 2.22. The Morgan fingerprint density at radius 2 is 1.95 bits per heavy atom. The van der Waals surface area contributed by atoms with Crippen molar-refractivity contribution in [1.29, 1.82) is 0 Å². The molecule has 1 amide bonds. The van der Waals surface area contributed by atoms with Gasteiger partial charge < -0.3 is 15.0 Å². The Bertz CT molecular complexity index is 472. The largest absolute Gasteiger partial charge is 0.469 e. The first-order valence-corrected chi connectivity index (χ1v) is 7.17. The summed E-state index contributed by atoms with van der Waals surface area (Å²) in [5.41, 5.74) is 1.66. The van der Waals surface area contributed by atoms with E-state index in [0.29, 0.717) is 18.5 Å². The van der Waals surface area contributed by atoms with Gasteiger partial charge in [-0.3, -0.25) is 9.59 Å². The van der Waals surface area contributed by atoms with Gasteiger partial charge in [-0.15, -0.1) is 0 Å². The Kier molecular flexibility index (Phi) is 7.29. The Labute approximate surface area is 126 Å². The molecule has 0 aromatic heterocycles. The zero-order valence-electron chi connectivity index (χ0n) is 13.0. The van der Waals surface area contributed by atoms with Crippen LogP contribution in [0, 0.1) is 0 Å². The normalized spacial score (nSPS) is 10.0. The van der Waals surface area contributed by atoms with Crippen LogP contribution in [0.15, 0.2) is 24.3 Å². The van der Waals surface area contributed by atoms with Gasteiger partial charge in [0.25, 0.3) is 5.91 Å². The number of methoxy groups -OCH3 is 1. The van der Waals surface area contributed by atoms with E-state index in [-0.39, 0.29) is 11.9 Å². The molecule has 0 radical (unpaired) electrons. The molecular weight excluding hydrogens is 268 g/mol. The van der Waals surface area contributed by atoms with Crippen molar-refractivity contribution in [1.82, 2.24) is 5.32 Å². The second kappa shape index (κ2) is 9.00. The van der Waals surface area contributed by atoms with Crippen LogP contribution in [0.1, 0.15) is 36.0 Å². The van der Waals surface area contributed by atoms with Gasteiger partial charge in [-0.1, -0.05) is 12.5 Å². The first-order valence-electron chi connectivity index (χ1n) is 7.17. The van der Waals surface area contributed by atoms with Crippen molar-refractivity contribution in [3.8, 4) is 0 Å². The van der Waals surface area contributed by atoms with Crippen LogP contribution in [0.5, 0.6) is 0 Å². The molecule has 116 valence electrons. The van der Waals surface area contributed by atoms with Crippen LogP contribution in [-0.2, 0) is 9.53 Å². The monoisotopic (exact) mass is 292 g/mol. The quantitative estimate of drug-likeness (QED) is 0.589. The van der Waals surface area contributed by atoms with Crippen LogP contribution in [0.25, 0.3) is 0 Å². The maximum Gasteiger partial charge on any atom is 0.305 e. The van der Waals surface area contributed by atoms with Crippen LogP contribution >= 0.6 is 0 Å². The number of carbonyl (C=O) groups excluding carboxylic acids is 2. The van der Waals surface area contributed by atoms with Crippen molar-refractivity contribution in [3.05, 3.63) is 29.8 Å². The topological polar surface area (TPSA) is 58.6 Å². The van der Waals surface area contributed by atoms with E-state index in [2.05, 4.69) is 10.1 Å². The molecule has 5 nitrogen and oxygen atoms in total. The van der Waals surface area contributed by atoms with Crippen molar-refractivity contribution in [2.75, 3.05) is 32.6 Å². The second-order valence-corrected chi connectivity index (χ2v) is 5.09. The summed E-state index contributed by atoms with van der Waals surface area (Å²) in [5.74, 6) is -0.244. The number of hydrogen-bond acceptors (Lipinski definition) is 4. The van der Waals surface area contributed by atoms with Gasteiger partial charge in [-0.05, 0) is 31.0 Å². The van der Waals surface area contributed by atoms with E-state index >= 15 is 0 Å². The molecule has 0 aliphatic rings. The molecule has 1 N–H and O–H groups in total. The van der Waals surface area contributed by atoms with Gasteiger partial charge in [0.2, 0.25) is 0 Å². The number of ether oxygens (including phenoxy) is 1. The predicted molar refractivity (Wildman–Crippen MR) is 83.6 cm³/mol. The summed E-state index contributed by atoms with van der Waals surface area (Å²) in [6, 6.07) is 7.51. The number of unbranched alkanes of at least 4 members (excludes halogenated alkanes) is 2. The summed E-state index contributed by atoms with van der Waals surface area (Å²) >= 11 is 0. The van der Waals surface area contributed by atoms with E-state index in [9.17, 15) is 9.59 Å². The average Bonchev–Trinajstić information content (AvgIpc) is 2.50. The average molecular weight is 292 g/mol. The van der Waals surface area contributed by atoms with Crippen LogP contribution in [0.3, 0.4) is 0 Å². The Balaban J connectivity index is 2.28. The molecule has 5 heteroatoms. The molecule has 0 heterocycles. The highest BCUT2D eigenvalue weighted by Gasteiger charge is 2.06. The molecule has 0 saturated carbocycles. The number of nitrogens with zero attached hydrogens (tertiary/aromatic N) is 1. The summed E-state index contributed by atoms with van der Waals surface area (Å²) in [7, 11) is 5.28. The Hall–Kier alpha value is -2.04. The lowest BCUT2D eigenvalue weighted by Gasteiger charge is -2.13. The number of carbonyl (C=O) groups is 2. The van der Waals surface area contributed by atoms with Crippen molar-refractivity contribution in [2.45, 2.75) is 25.7 Å². The number of benzene rings is 1. The summed E-state index contributed by atoms with van der Waals surface area (Å²) in [6.45, 7) is 0.617. The Morgan fingerprint density at radius 3 is 2.62 bits per heavy atom. The van der Waals surface area contributed by atoms with Crippen LogP contribution in [-0.4, -0.2) is 39.6 Å². The van der Waals surface area contributed by atoms with Crippen molar-refractivity contribution < 1.29 is 14.3 Å². The van der Waals surface area contributed by atoms with Crippen LogP contribution < -0.4 is 10.2 Å². The fraction of sp³-hybridized carbons (Fsp3) is 0.500. The summed E-state index contributed by atoms with van der Waals surface area (Å²) in [4.78, 5) is 24.9. The Morgan fingerprint density at radius 1 is 1.19 bits per heavy atom. The minimum Gasteiger partial charge on any atom is -0.469 e. The zero-order chi connectivity index (χ0) is 15.7. The van der Waals surface area contributed by atoms with Crippen LogP contribution in [0.2, 0.25) is 0 Å². The molecule has 1 aromatic carbocycles. The smallest absolute Gasteiger partial charge is 0.305 e. The van der Waals surface area contributed by atoms with Gasteiger partial charge in [-0.2, -0.15) is 0 Å². The molecule has 0 bridgehead atoms. The first-order chi connectivity index (χ1) is 10.0. The van der Waals surface area contributed by atoms with E-state index in [1.165, 1.54) is 7.11 Å². The minimum absolute atomic E-state index is 0.0633. The van der Waals surface area contributed by atoms with Gasteiger partial charge >= 0.3 is 5.97 Å². The van der Waals surface area contributed by atoms with E-state index in [1.54, 1.807) is 6.07 Å². The number of amides is 1. The third-order valence-electron chi connectivity index (χ3n) is 3.20.